The lowest BCUT2D eigenvalue weighted by molar-refractivity contribution is -0.138. The van der Waals surface area contributed by atoms with Crippen LogP contribution in [-0.4, -0.2) is 23.2 Å². The van der Waals surface area contributed by atoms with Crippen LogP contribution < -0.4 is 5.32 Å². The summed E-state index contributed by atoms with van der Waals surface area (Å²) in [7, 11) is 0. The molecule has 5 heteroatoms. The van der Waals surface area contributed by atoms with Gasteiger partial charge in [0.25, 0.3) is 0 Å². The van der Waals surface area contributed by atoms with Crippen LogP contribution in [0.1, 0.15) is 30.9 Å². The van der Waals surface area contributed by atoms with Crippen molar-refractivity contribution in [3.8, 4) is 0 Å². The summed E-state index contributed by atoms with van der Waals surface area (Å²) in [6, 6.07) is 7.25. The molecule has 1 aromatic carbocycles. The van der Waals surface area contributed by atoms with Gasteiger partial charge in [0.05, 0.1) is 12.5 Å². The number of benzene rings is 1. The summed E-state index contributed by atoms with van der Waals surface area (Å²) in [5.41, 5.74) is 0.845. The highest BCUT2D eigenvalue weighted by Gasteiger charge is 2.40. The maximum absolute atomic E-state index is 12.6. The number of nitrogens with one attached hydrogen (secondary N) is 1. The summed E-state index contributed by atoms with van der Waals surface area (Å²) < 4.78 is 0. The third-order valence-electron chi connectivity index (χ3n) is 4.83. The van der Waals surface area contributed by atoms with Gasteiger partial charge in [0.1, 0.15) is 0 Å². The molecule has 0 aliphatic heterocycles. The van der Waals surface area contributed by atoms with Gasteiger partial charge < -0.3 is 10.4 Å². The first kappa shape index (κ1) is 16.1. The van der Waals surface area contributed by atoms with E-state index in [-0.39, 0.29) is 18.2 Å². The normalized spacial score (nSPS) is 26.2. The van der Waals surface area contributed by atoms with Crippen molar-refractivity contribution in [1.82, 2.24) is 5.32 Å². The first-order valence-corrected chi connectivity index (χ1v) is 9.13. The van der Waals surface area contributed by atoms with Crippen LogP contribution >= 0.6 is 11.8 Å². The number of amides is 1. The van der Waals surface area contributed by atoms with E-state index in [4.69, 9.17) is 5.11 Å². The Labute approximate surface area is 140 Å². The van der Waals surface area contributed by atoms with Crippen molar-refractivity contribution in [2.24, 2.45) is 17.8 Å². The average molecular weight is 331 g/mol. The van der Waals surface area contributed by atoms with Crippen molar-refractivity contribution in [1.29, 1.82) is 0 Å². The maximum Gasteiger partial charge on any atom is 0.305 e. The first-order chi connectivity index (χ1) is 11.1. The second kappa shape index (κ2) is 6.79. The highest BCUT2D eigenvalue weighted by atomic mass is 32.2. The molecule has 1 saturated carbocycles. The van der Waals surface area contributed by atoms with E-state index in [2.05, 4.69) is 17.5 Å². The second-order valence-electron chi connectivity index (χ2n) is 6.32. The van der Waals surface area contributed by atoms with Gasteiger partial charge in [-0.3, -0.25) is 9.59 Å². The summed E-state index contributed by atoms with van der Waals surface area (Å²) in [5.74, 6) is -0.0789. The Morgan fingerprint density at radius 2 is 2.00 bits per heavy atom. The molecule has 0 heterocycles. The minimum atomic E-state index is -0.905. The molecule has 2 aliphatic rings. The van der Waals surface area contributed by atoms with Crippen molar-refractivity contribution < 1.29 is 14.7 Å². The van der Waals surface area contributed by atoms with Crippen LogP contribution in [0.4, 0.5) is 0 Å². The van der Waals surface area contributed by atoms with Crippen molar-refractivity contribution >= 4 is 23.6 Å². The number of allylic oxidation sites excluding steroid dienone is 2. The van der Waals surface area contributed by atoms with Gasteiger partial charge in [-0.2, -0.15) is 0 Å². The van der Waals surface area contributed by atoms with Crippen LogP contribution in [0, 0.1) is 17.8 Å². The SMILES string of the molecule is CSc1ccc(C(CC(=O)O)NC(=O)C2CC3C=CC2C3)cc1. The molecular formula is C18H21NO3S. The van der Waals surface area contributed by atoms with E-state index >= 15 is 0 Å². The number of aliphatic carboxylic acids is 1. The Hall–Kier alpha value is -1.75. The van der Waals surface area contributed by atoms with Gasteiger partial charge in [-0.1, -0.05) is 24.3 Å². The molecule has 4 nitrogen and oxygen atoms in total. The number of rotatable bonds is 6. The smallest absolute Gasteiger partial charge is 0.305 e. The quantitative estimate of drug-likeness (QED) is 0.620. The molecule has 2 N–H and O–H groups in total. The lowest BCUT2D eigenvalue weighted by Gasteiger charge is -2.23. The fourth-order valence-electron chi connectivity index (χ4n) is 3.62. The molecule has 23 heavy (non-hydrogen) atoms. The Morgan fingerprint density at radius 1 is 1.26 bits per heavy atom. The van der Waals surface area contributed by atoms with Crippen LogP contribution in [0.15, 0.2) is 41.3 Å². The number of carboxylic acid groups (broad SMARTS) is 1. The minimum absolute atomic E-state index is 0.00762. The van der Waals surface area contributed by atoms with Gasteiger partial charge in [-0.15, -0.1) is 11.8 Å². The van der Waals surface area contributed by atoms with Gasteiger partial charge in [0, 0.05) is 10.8 Å². The maximum atomic E-state index is 12.6. The van der Waals surface area contributed by atoms with Crippen LogP contribution in [0.25, 0.3) is 0 Å². The topological polar surface area (TPSA) is 66.4 Å². The van der Waals surface area contributed by atoms with Crippen LogP contribution in [-0.2, 0) is 9.59 Å². The molecule has 2 bridgehead atoms. The van der Waals surface area contributed by atoms with E-state index in [0.717, 1.165) is 23.3 Å². The number of thioether (sulfide) groups is 1. The van der Waals surface area contributed by atoms with Crippen LogP contribution in [0.2, 0.25) is 0 Å². The zero-order chi connectivity index (χ0) is 16.4. The minimum Gasteiger partial charge on any atom is -0.481 e. The molecule has 0 radical (unpaired) electrons. The monoisotopic (exact) mass is 331 g/mol. The Morgan fingerprint density at radius 3 is 2.52 bits per heavy atom. The Balaban J connectivity index is 1.72. The van der Waals surface area contributed by atoms with Gasteiger partial charge >= 0.3 is 5.97 Å². The highest BCUT2D eigenvalue weighted by molar-refractivity contribution is 7.98. The summed E-state index contributed by atoms with van der Waals surface area (Å²) in [4.78, 5) is 24.9. The summed E-state index contributed by atoms with van der Waals surface area (Å²) in [6.07, 6.45) is 8.18. The largest absolute Gasteiger partial charge is 0.481 e. The molecule has 3 rings (SSSR count). The van der Waals surface area contributed by atoms with Gasteiger partial charge in [-0.05, 0) is 48.6 Å². The molecule has 1 fully saturated rings. The number of carboxylic acids is 1. The van der Waals surface area contributed by atoms with E-state index < -0.39 is 12.0 Å². The number of hydrogen-bond donors (Lipinski definition) is 2. The molecular weight excluding hydrogens is 310 g/mol. The summed E-state index contributed by atoms with van der Waals surface area (Å²) in [5, 5.41) is 12.1. The van der Waals surface area contributed by atoms with E-state index in [1.165, 1.54) is 0 Å². The fourth-order valence-corrected chi connectivity index (χ4v) is 4.03. The van der Waals surface area contributed by atoms with Crippen molar-refractivity contribution in [2.45, 2.75) is 30.2 Å². The average Bonchev–Trinajstić information content (AvgIpc) is 3.17. The molecule has 0 spiro atoms. The van der Waals surface area contributed by atoms with Crippen molar-refractivity contribution in [3.63, 3.8) is 0 Å². The molecule has 0 saturated heterocycles. The van der Waals surface area contributed by atoms with E-state index in [9.17, 15) is 9.59 Å². The van der Waals surface area contributed by atoms with Crippen LogP contribution in [0.5, 0.6) is 0 Å². The third-order valence-corrected chi connectivity index (χ3v) is 5.57. The molecule has 2 aliphatic carbocycles. The van der Waals surface area contributed by atoms with E-state index in [1.54, 1.807) is 11.8 Å². The van der Waals surface area contributed by atoms with Crippen molar-refractivity contribution in [3.05, 3.63) is 42.0 Å². The lowest BCUT2D eigenvalue weighted by atomic mass is 9.92. The molecule has 4 atom stereocenters. The van der Waals surface area contributed by atoms with Gasteiger partial charge in [0.15, 0.2) is 0 Å². The standard InChI is InChI=1S/C18H21NO3S/c1-23-14-6-4-12(5-7-14)16(10-17(20)21)19-18(22)15-9-11-2-3-13(15)8-11/h2-7,11,13,15-16H,8-10H2,1H3,(H,19,22)(H,20,21). The highest BCUT2D eigenvalue weighted by Crippen LogP contribution is 2.43. The summed E-state index contributed by atoms with van der Waals surface area (Å²) >= 11 is 1.63. The number of carbonyl (C=O) groups is 2. The molecule has 122 valence electrons. The van der Waals surface area contributed by atoms with E-state index in [0.29, 0.717) is 11.8 Å². The Kier molecular flexibility index (Phi) is 4.76. The molecule has 0 aromatic heterocycles. The second-order valence-corrected chi connectivity index (χ2v) is 7.20. The lowest BCUT2D eigenvalue weighted by Crippen LogP contribution is -2.36. The molecule has 1 aromatic rings. The molecule has 4 unspecified atom stereocenters. The predicted molar refractivity (Wildman–Crippen MR) is 90.2 cm³/mol. The summed E-state index contributed by atoms with van der Waals surface area (Å²) in [6.45, 7) is 0. The van der Waals surface area contributed by atoms with Crippen molar-refractivity contribution in [2.75, 3.05) is 6.26 Å². The van der Waals surface area contributed by atoms with Gasteiger partial charge in [0.2, 0.25) is 5.91 Å². The first-order valence-electron chi connectivity index (χ1n) is 7.91. The number of carbonyl (C=O) groups excluding carboxylic acids is 1. The van der Waals surface area contributed by atoms with Gasteiger partial charge in [-0.25, -0.2) is 0 Å². The number of hydrogen-bond acceptors (Lipinski definition) is 3. The third kappa shape index (κ3) is 3.61. The fraction of sp³-hybridized carbons (Fsp3) is 0.444. The number of fused-ring (bicyclic) bond motifs is 2. The van der Waals surface area contributed by atoms with E-state index in [1.807, 2.05) is 30.5 Å². The zero-order valence-corrected chi connectivity index (χ0v) is 13.9. The Bertz CT molecular complexity index is 626. The zero-order valence-electron chi connectivity index (χ0n) is 13.1. The van der Waals surface area contributed by atoms with Crippen LogP contribution in [0.3, 0.4) is 0 Å². The molecule has 1 amide bonds. The predicted octanol–water partition coefficient (Wildman–Crippen LogP) is 3.25.